The number of benzene rings is 1. The van der Waals surface area contributed by atoms with Gasteiger partial charge >= 0.3 is 5.97 Å². The van der Waals surface area contributed by atoms with Gasteiger partial charge in [0.15, 0.2) is 0 Å². The van der Waals surface area contributed by atoms with E-state index in [9.17, 15) is 13.6 Å². The van der Waals surface area contributed by atoms with Crippen molar-refractivity contribution in [3.05, 3.63) is 29.3 Å². The first-order chi connectivity index (χ1) is 8.11. The average Bonchev–Trinajstić information content (AvgIpc) is 2.24. The van der Waals surface area contributed by atoms with Gasteiger partial charge in [-0.3, -0.25) is 0 Å². The van der Waals surface area contributed by atoms with E-state index in [0.717, 1.165) is 13.2 Å². The van der Waals surface area contributed by atoms with E-state index in [1.54, 1.807) is 0 Å². The zero-order valence-corrected chi connectivity index (χ0v) is 9.13. The molecule has 17 heavy (non-hydrogen) atoms. The van der Waals surface area contributed by atoms with Crippen LogP contribution >= 0.6 is 0 Å². The highest BCUT2D eigenvalue weighted by atomic mass is 19.1. The molecule has 92 valence electrons. The number of methoxy groups -OCH3 is 1. The minimum Gasteiger partial charge on any atom is -0.465 e. The van der Waals surface area contributed by atoms with Gasteiger partial charge < -0.3 is 14.8 Å². The molecule has 0 spiro atoms. The van der Waals surface area contributed by atoms with E-state index in [1.165, 1.54) is 0 Å². The summed E-state index contributed by atoms with van der Waals surface area (Å²) in [6.07, 6.45) is 0. The molecule has 1 N–H and O–H groups in total. The van der Waals surface area contributed by atoms with E-state index in [4.69, 9.17) is 4.74 Å². The van der Waals surface area contributed by atoms with Gasteiger partial charge in [0, 0.05) is 6.07 Å². The van der Waals surface area contributed by atoms with Crippen LogP contribution in [0, 0.1) is 11.6 Å². The van der Waals surface area contributed by atoms with Crippen molar-refractivity contribution in [2.75, 3.05) is 25.6 Å². The van der Waals surface area contributed by atoms with Crippen molar-refractivity contribution in [3.8, 4) is 0 Å². The summed E-state index contributed by atoms with van der Waals surface area (Å²) in [5.41, 5.74) is -0.225. The molecule has 1 aliphatic rings. The normalized spacial score (nSPS) is 15.2. The Balaban J connectivity index is 2.27. The first kappa shape index (κ1) is 11.8. The smallest absolute Gasteiger partial charge is 0.340 e. The van der Waals surface area contributed by atoms with E-state index >= 15 is 0 Å². The summed E-state index contributed by atoms with van der Waals surface area (Å²) >= 11 is 0. The second-order valence-electron chi connectivity index (χ2n) is 3.68. The molecule has 1 aromatic rings. The van der Waals surface area contributed by atoms with Crippen molar-refractivity contribution in [2.24, 2.45) is 0 Å². The van der Waals surface area contributed by atoms with Gasteiger partial charge in [0.05, 0.1) is 37.6 Å². The number of ether oxygens (including phenoxy) is 2. The molecule has 1 aliphatic heterocycles. The molecule has 0 amide bonds. The predicted molar refractivity (Wildman–Crippen MR) is 55.9 cm³/mol. The van der Waals surface area contributed by atoms with Crippen LogP contribution in [0.1, 0.15) is 10.4 Å². The van der Waals surface area contributed by atoms with Crippen LogP contribution in [-0.2, 0) is 9.47 Å². The molecular weight excluding hydrogens is 232 g/mol. The SMILES string of the molecule is COC(=O)c1cc(NC2COC2)c(F)cc1F. The van der Waals surface area contributed by atoms with E-state index in [2.05, 4.69) is 10.1 Å². The van der Waals surface area contributed by atoms with Gasteiger partial charge in [-0.2, -0.15) is 0 Å². The molecule has 0 saturated carbocycles. The highest BCUT2D eigenvalue weighted by molar-refractivity contribution is 5.90. The average molecular weight is 243 g/mol. The highest BCUT2D eigenvalue weighted by Gasteiger charge is 2.22. The molecule has 1 saturated heterocycles. The first-order valence-electron chi connectivity index (χ1n) is 5.03. The lowest BCUT2D eigenvalue weighted by Gasteiger charge is -2.28. The number of hydrogen-bond acceptors (Lipinski definition) is 4. The third-order valence-corrected chi connectivity index (χ3v) is 2.46. The number of rotatable bonds is 3. The van der Waals surface area contributed by atoms with Crippen LogP contribution in [0.5, 0.6) is 0 Å². The summed E-state index contributed by atoms with van der Waals surface area (Å²) < 4.78 is 36.1. The summed E-state index contributed by atoms with van der Waals surface area (Å²) in [5.74, 6) is -2.53. The molecule has 6 heteroatoms. The zero-order valence-electron chi connectivity index (χ0n) is 9.13. The maximum Gasteiger partial charge on any atom is 0.340 e. The Kier molecular flexibility index (Phi) is 3.23. The summed E-state index contributed by atoms with van der Waals surface area (Å²) in [6, 6.07) is 1.75. The predicted octanol–water partition coefficient (Wildman–Crippen LogP) is 1.56. The van der Waals surface area contributed by atoms with Gasteiger partial charge in [-0.1, -0.05) is 0 Å². The Hall–Kier alpha value is -1.69. The number of esters is 1. The number of carbonyl (C=O) groups is 1. The van der Waals surface area contributed by atoms with E-state index in [1.807, 2.05) is 0 Å². The Bertz CT molecular complexity index is 447. The lowest BCUT2D eigenvalue weighted by molar-refractivity contribution is 0.0210. The quantitative estimate of drug-likeness (QED) is 0.818. The lowest BCUT2D eigenvalue weighted by atomic mass is 10.1. The third kappa shape index (κ3) is 2.36. The third-order valence-electron chi connectivity index (χ3n) is 2.46. The zero-order chi connectivity index (χ0) is 12.4. The molecule has 1 fully saturated rings. The van der Waals surface area contributed by atoms with Crippen molar-refractivity contribution in [1.82, 2.24) is 0 Å². The topological polar surface area (TPSA) is 47.6 Å². The van der Waals surface area contributed by atoms with Gasteiger partial charge in [0.1, 0.15) is 11.6 Å². The molecule has 0 bridgehead atoms. The Morgan fingerprint density at radius 1 is 1.41 bits per heavy atom. The summed E-state index contributed by atoms with van der Waals surface area (Å²) in [7, 11) is 1.14. The molecule has 1 aromatic carbocycles. The van der Waals surface area contributed by atoms with Crippen LogP contribution in [0.25, 0.3) is 0 Å². The Morgan fingerprint density at radius 2 is 2.12 bits per heavy atom. The highest BCUT2D eigenvalue weighted by Crippen LogP contribution is 2.22. The molecule has 0 radical (unpaired) electrons. The summed E-state index contributed by atoms with van der Waals surface area (Å²) in [4.78, 5) is 11.2. The van der Waals surface area contributed by atoms with Crippen LogP contribution in [0.3, 0.4) is 0 Å². The molecule has 0 aromatic heterocycles. The van der Waals surface area contributed by atoms with Gasteiger partial charge in [-0.05, 0) is 6.07 Å². The van der Waals surface area contributed by atoms with Gasteiger partial charge in [-0.25, -0.2) is 13.6 Å². The molecule has 1 heterocycles. The van der Waals surface area contributed by atoms with E-state index in [0.29, 0.717) is 19.3 Å². The number of nitrogens with one attached hydrogen (secondary N) is 1. The van der Waals surface area contributed by atoms with Crippen LogP contribution < -0.4 is 5.32 Å². The first-order valence-corrected chi connectivity index (χ1v) is 5.03. The molecule has 4 nitrogen and oxygen atoms in total. The maximum absolute atomic E-state index is 13.4. The van der Waals surface area contributed by atoms with Crippen molar-refractivity contribution in [1.29, 1.82) is 0 Å². The van der Waals surface area contributed by atoms with Gasteiger partial charge in [-0.15, -0.1) is 0 Å². The fourth-order valence-electron chi connectivity index (χ4n) is 1.46. The largest absolute Gasteiger partial charge is 0.465 e. The standard InChI is InChI=1S/C11H11F2NO3/c1-16-11(15)7-2-10(9(13)3-8(7)12)14-6-4-17-5-6/h2-3,6,14H,4-5H2,1H3. The van der Waals surface area contributed by atoms with Crippen molar-refractivity contribution >= 4 is 11.7 Å². The number of hydrogen-bond donors (Lipinski definition) is 1. The van der Waals surface area contributed by atoms with Crippen LogP contribution in [0.15, 0.2) is 12.1 Å². The molecule has 2 rings (SSSR count). The minimum absolute atomic E-state index is 0.0135. The summed E-state index contributed by atoms with van der Waals surface area (Å²) in [6.45, 7) is 0.925. The second kappa shape index (κ2) is 4.67. The van der Waals surface area contributed by atoms with Crippen molar-refractivity contribution in [2.45, 2.75) is 6.04 Å². The van der Waals surface area contributed by atoms with Crippen LogP contribution in [0.4, 0.5) is 14.5 Å². The fourth-order valence-corrected chi connectivity index (χ4v) is 1.46. The molecule has 0 atom stereocenters. The van der Waals surface area contributed by atoms with Crippen LogP contribution in [0.2, 0.25) is 0 Å². The van der Waals surface area contributed by atoms with Gasteiger partial charge in [0.2, 0.25) is 0 Å². The summed E-state index contributed by atoms with van der Waals surface area (Å²) in [5, 5.41) is 2.82. The van der Waals surface area contributed by atoms with Crippen molar-refractivity contribution in [3.63, 3.8) is 0 Å². The van der Waals surface area contributed by atoms with E-state index in [-0.39, 0.29) is 17.3 Å². The Morgan fingerprint density at radius 3 is 2.65 bits per heavy atom. The maximum atomic E-state index is 13.4. The number of carbonyl (C=O) groups excluding carboxylic acids is 1. The van der Waals surface area contributed by atoms with Crippen molar-refractivity contribution < 1.29 is 23.0 Å². The monoisotopic (exact) mass is 243 g/mol. The second-order valence-corrected chi connectivity index (χ2v) is 3.68. The molecular formula is C11H11F2NO3. The van der Waals surface area contributed by atoms with Crippen LogP contribution in [-0.4, -0.2) is 32.3 Å². The minimum atomic E-state index is -0.940. The number of halogens is 2. The van der Waals surface area contributed by atoms with Gasteiger partial charge in [0.25, 0.3) is 0 Å². The molecule has 0 unspecified atom stereocenters. The van der Waals surface area contributed by atoms with E-state index < -0.39 is 17.6 Å². The Labute approximate surface area is 96.5 Å². The number of anilines is 1. The molecule has 0 aliphatic carbocycles. The lowest BCUT2D eigenvalue weighted by Crippen LogP contribution is -2.40. The fraction of sp³-hybridized carbons (Fsp3) is 0.364.